The van der Waals surface area contributed by atoms with Crippen molar-refractivity contribution >= 4 is 0 Å². The average molecular weight is 195 g/mol. The monoisotopic (exact) mass is 195 g/mol. The zero-order chi connectivity index (χ0) is 10.4. The molecule has 3 heteroatoms. The molecule has 1 aromatic rings. The lowest BCUT2D eigenvalue weighted by molar-refractivity contribution is 0.553. The molecule has 1 heterocycles. The molecule has 0 spiro atoms. The van der Waals surface area contributed by atoms with Crippen molar-refractivity contribution in [2.24, 2.45) is 5.73 Å². The molecule has 0 aromatic carbocycles. The topological polar surface area (TPSA) is 43.8 Å². The molecule has 3 nitrogen and oxygen atoms in total. The van der Waals surface area contributed by atoms with Crippen molar-refractivity contribution in [2.45, 2.75) is 52.1 Å². The van der Waals surface area contributed by atoms with Crippen LogP contribution in [0, 0.1) is 0 Å². The first-order valence-electron chi connectivity index (χ1n) is 5.53. The minimum atomic E-state index is 0.361. The molecular weight excluding hydrogens is 174 g/mol. The Hall–Kier alpha value is -0.830. The first kappa shape index (κ1) is 11.2. The second kappa shape index (κ2) is 5.81. The smallest absolute Gasteiger partial charge is 0.108 e. The van der Waals surface area contributed by atoms with Crippen LogP contribution in [0.2, 0.25) is 0 Å². The van der Waals surface area contributed by atoms with Crippen molar-refractivity contribution in [1.82, 2.24) is 9.55 Å². The number of nitrogens with zero attached hydrogens (tertiary/aromatic N) is 2. The summed E-state index contributed by atoms with van der Waals surface area (Å²) in [7, 11) is 0. The van der Waals surface area contributed by atoms with E-state index in [0.29, 0.717) is 6.04 Å². The summed E-state index contributed by atoms with van der Waals surface area (Å²) in [4.78, 5) is 4.33. The largest absolute Gasteiger partial charge is 0.335 e. The molecular formula is C11H21N3. The highest BCUT2D eigenvalue weighted by molar-refractivity contribution is 4.92. The molecule has 2 N–H and O–H groups in total. The standard InChI is InChI=1S/C11H21N3/c1-3-10(12)6-5-7-11-13-8-9-14(11)4-2/h8-10H,3-7,12H2,1-2H3. The van der Waals surface area contributed by atoms with Gasteiger partial charge in [-0.05, 0) is 26.2 Å². The van der Waals surface area contributed by atoms with Crippen molar-refractivity contribution < 1.29 is 0 Å². The fraction of sp³-hybridized carbons (Fsp3) is 0.727. The molecule has 0 amide bonds. The van der Waals surface area contributed by atoms with E-state index in [1.54, 1.807) is 0 Å². The minimum Gasteiger partial charge on any atom is -0.335 e. The molecule has 1 unspecified atom stereocenters. The van der Waals surface area contributed by atoms with Gasteiger partial charge in [-0.25, -0.2) is 4.98 Å². The second-order valence-electron chi connectivity index (χ2n) is 3.69. The first-order chi connectivity index (χ1) is 6.77. The van der Waals surface area contributed by atoms with E-state index in [1.165, 1.54) is 5.82 Å². The maximum atomic E-state index is 5.86. The molecule has 0 fully saturated rings. The van der Waals surface area contributed by atoms with Crippen LogP contribution < -0.4 is 5.73 Å². The van der Waals surface area contributed by atoms with E-state index < -0.39 is 0 Å². The number of imidazole rings is 1. The third kappa shape index (κ3) is 3.14. The van der Waals surface area contributed by atoms with Crippen LogP contribution in [-0.2, 0) is 13.0 Å². The Kier molecular flexibility index (Phi) is 4.66. The van der Waals surface area contributed by atoms with Gasteiger partial charge in [0.1, 0.15) is 5.82 Å². The lowest BCUT2D eigenvalue weighted by Gasteiger charge is -2.08. The molecule has 0 aliphatic carbocycles. The van der Waals surface area contributed by atoms with Gasteiger partial charge in [-0.15, -0.1) is 0 Å². The van der Waals surface area contributed by atoms with Crippen LogP contribution in [0.3, 0.4) is 0 Å². The van der Waals surface area contributed by atoms with Gasteiger partial charge in [0.2, 0.25) is 0 Å². The maximum absolute atomic E-state index is 5.86. The molecule has 0 aliphatic heterocycles. The van der Waals surface area contributed by atoms with Crippen LogP contribution in [0.4, 0.5) is 0 Å². The van der Waals surface area contributed by atoms with Gasteiger partial charge in [-0.1, -0.05) is 6.92 Å². The van der Waals surface area contributed by atoms with Gasteiger partial charge >= 0.3 is 0 Å². The number of hydrogen-bond donors (Lipinski definition) is 1. The first-order valence-corrected chi connectivity index (χ1v) is 5.53. The van der Waals surface area contributed by atoms with E-state index in [1.807, 2.05) is 12.4 Å². The van der Waals surface area contributed by atoms with Gasteiger partial charge in [0, 0.05) is 31.4 Å². The fourth-order valence-corrected chi connectivity index (χ4v) is 1.58. The molecule has 0 aliphatic rings. The lowest BCUT2D eigenvalue weighted by atomic mass is 10.1. The molecule has 1 aromatic heterocycles. The van der Waals surface area contributed by atoms with Crippen LogP contribution in [-0.4, -0.2) is 15.6 Å². The molecule has 14 heavy (non-hydrogen) atoms. The number of rotatable bonds is 6. The number of hydrogen-bond acceptors (Lipinski definition) is 2. The zero-order valence-electron chi connectivity index (χ0n) is 9.24. The Balaban J connectivity index is 2.31. The molecule has 0 radical (unpaired) electrons. The summed E-state index contributed by atoms with van der Waals surface area (Å²) >= 11 is 0. The van der Waals surface area contributed by atoms with Gasteiger partial charge in [0.15, 0.2) is 0 Å². The highest BCUT2D eigenvalue weighted by Crippen LogP contribution is 2.06. The fourth-order valence-electron chi connectivity index (χ4n) is 1.58. The van der Waals surface area contributed by atoms with Gasteiger partial charge in [-0.3, -0.25) is 0 Å². The van der Waals surface area contributed by atoms with Gasteiger partial charge in [-0.2, -0.15) is 0 Å². The maximum Gasteiger partial charge on any atom is 0.108 e. The molecule has 0 saturated heterocycles. The summed E-state index contributed by atoms with van der Waals surface area (Å²) in [5, 5.41) is 0. The molecule has 0 saturated carbocycles. The van der Waals surface area contributed by atoms with E-state index in [-0.39, 0.29) is 0 Å². The van der Waals surface area contributed by atoms with E-state index in [2.05, 4.69) is 23.4 Å². The predicted octanol–water partition coefficient (Wildman–Crippen LogP) is 1.96. The predicted molar refractivity (Wildman–Crippen MR) is 59.1 cm³/mol. The van der Waals surface area contributed by atoms with Gasteiger partial charge < -0.3 is 10.3 Å². The van der Waals surface area contributed by atoms with Crippen LogP contribution in [0.1, 0.15) is 38.9 Å². The van der Waals surface area contributed by atoms with E-state index in [9.17, 15) is 0 Å². The van der Waals surface area contributed by atoms with Crippen molar-refractivity contribution in [3.63, 3.8) is 0 Å². The molecule has 1 rings (SSSR count). The Morgan fingerprint density at radius 2 is 2.29 bits per heavy atom. The van der Waals surface area contributed by atoms with Crippen molar-refractivity contribution in [2.75, 3.05) is 0 Å². The van der Waals surface area contributed by atoms with Crippen LogP contribution in [0.15, 0.2) is 12.4 Å². The SMILES string of the molecule is CCC(N)CCCc1nccn1CC. The number of nitrogens with two attached hydrogens (primary N) is 1. The summed E-state index contributed by atoms with van der Waals surface area (Å²) in [6.07, 6.45) is 8.28. The van der Waals surface area contributed by atoms with Gasteiger partial charge in [0.25, 0.3) is 0 Å². The summed E-state index contributed by atoms with van der Waals surface area (Å²) in [5.41, 5.74) is 5.86. The third-order valence-electron chi connectivity index (χ3n) is 2.64. The van der Waals surface area contributed by atoms with Gasteiger partial charge in [0.05, 0.1) is 0 Å². The highest BCUT2D eigenvalue weighted by atomic mass is 15.0. The van der Waals surface area contributed by atoms with Crippen molar-refractivity contribution in [1.29, 1.82) is 0 Å². The lowest BCUT2D eigenvalue weighted by Crippen LogP contribution is -2.18. The van der Waals surface area contributed by atoms with E-state index in [4.69, 9.17) is 5.73 Å². The molecule has 0 bridgehead atoms. The van der Waals surface area contributed by atoms with E-state index >= 15 is 0 Å². The number of aryl methyl sites for hydroxylation is 2. The summed E-state index contributed by atoms with van der Waals surface area (Å²) in [6, 6.07) is 0.361. The number of aromatic nitrogens is 2. The Morgan fingerprint density at radius 3 is 2.93 bits per heavy atom. The summed E-state index contributed by atoms with van der Waals surface area (Å²) < 4.78 is 2.19. The van der Waals surface area contributed by atoms with Crippen LogP contribution in [0.5, 0.6) is 0 Å². The Labute approximate surface area is 86.3 Å². The van der Waals surface area contributed by atoms with Crippen molar-refractivity contribution in [3.05, 3.63) is 18.2 Å². The normalized spacial score (nSPS) is 13.1. The average Bonchev–Trinajstić information content (AvgIpc) is 2.65. The Bertz CT molecular complexity index is 255. The quantitative estimate of drug-likeness (QED) is 0.754. The zero-order valence-corrected chi connectivity index (χ0v) is 9.24. The Morgan fingerprint density at radius 1 is 1.50 bits per heavy atom. The highest BCUT2D eigenvalue weighted by Gasteiger charge is 2.03. The summed E-state index contributed by atoms with van der Waals surface area (Å²) in [5.74, 6) is 1.19. The van der Waals surface area contributed by atoms with Crippen LogP contribution >= 0.6 is 0 Å². The van der Waals surface area contributed by atoms with E-state index in [0.717, 1.165) is 32.2 Å². The second-order valence-corrected chi connectivity index (χ2v) is 3.69. The van der Waals surface area contributed by atoms with Crippen molar-refractivity contribution in [3.8, 4) is 0 Å². The minimum absolute atomic E-state index is 0.361. The van der Waals surface area contributed by atoms with Crippen LogP contribution in [0.25, 0.3) is 0 Å². The molecule has 1 atom stereocenters. The molecule has 80 valence electrons. The summed E-state index contributed by atoms with van der Waals surface area (Å²) in [6.45, 7) is 5.29. The third-order valence-corrected chi connectivity index (χ3v) is 2.64.